The number of benzene rings is 1. The Morgan fingerprint density at radius 3 is 2.74 bits per heavy atom. The second-order valence-corrected chi connectivity index (χ2v) is 9.36. The van der Waals surface area contributed by atoms with E-state index < -0.39 is 5.91 Å². The Hall–Kier alpha value is -1.85. The number of carbonyl (C=O) groups is 2. The van der Waals surface area contributed by atoms with Gasteiger partial charge in [0.1, 0.15) is 5.00 Å². The molecule has 1 aliphatic rings. The summed E-state index contributed by atoms with van der Waals surface area (Å²) in [6.07, 6.45) is 3.89. The Bertz CT molecular complexity index is 888. The second kappa shape index (κ2) is 7.64. The van der Waals surface area contributed by atoms with Gasteiger partial charge in [-0.05, 0) is 54.4 Å². The Morgan fingerprint density at radius 2 is 2.11 bits per heavy atom. The number of amides is 2. The first-order chi connectivity index (χ1) is 12.7. The molecule has 1 aromatic carbocycles. The van der Waals surface area contributed by atoms with Crippen LogP contribution in [0, 0.1) is 11.3 Å². The Morgan fingerprint density at radius 1 is 1.37 bits per heavy atom. The van der Waals surface area contributed by atoms with Gasteiger partial charge in [-0.25, -0.2) is 0 Å². The molecule has 6 heteroatoms. The first-order valence-corrected chi connectivity index (χ1v) is 10.4. The fraction of sp³-hybridized carbons (Fsp3) is 0.429. The lowest BCUT2D eigenvalue weighted by Crippen LogP contribution is -2.29. The zero-order valence-corrected chi connectivity index (χ0v) is 17.5. The van der Waals surface area contributed by atoms with Crippen LogP contribution in [-0.2, 0) is 12.8 Å². The van der Waals surface area contributed by atoms with E-state index in [0.29, 0.717) is 27.1 Å². The van der Waals surface area contributed by atoms with Crippen molar-refractivity contribution in [2.24, 2.45) is 17.1 Å². The molecule has 144 valence electrons. The molecule has 0 radical (unpaired) electrons. The van der Waals surface area contributed by atoms with Crippen LogP contribution in [0.2, 0.25) is 5.02 Å². The van der Waals surface area contributed by atoms with Gasteiger partial charge in [-0.15, -0.1) is 11.3 Å². The van der Waals surface area contributed by atoms with Gasteiger partial charge in [0.05, 0.1) is 5.56 Å². The normalized spacial score (nSPS) is 16.7. The summed E-state index contributed by atoms with van der Waals surface area (Å²) >= 11 is 7.46. The molecule has 1 heterocycles. The molecular weight excluding hydrogens is 380 g/mol. The van der Waals surface area contributed by atoms with Crippen molar-refractivity contribution in [3.63, 3.8) is 0 Å². The molecule has 0 saturated carbocycles. The minimum absolute atomic E-state index is 0.249. The third-order valence-electron chi connectivity index (χ3n) is 5.84. The van der Waals surface area contributed by atoms with Crippen molar-refractivity contribution in [1.29, 1.82) is 0 Å². The molecule has 0 spiro atoms. The molecule has 1 aliphatic carbocycles. The summed E-state index contributed by atoms with van der Waals surface area (Å²) in [6.45, 7) is 6.82. The smallest absolute Gasteiger partial charge is 0.256 e. The van der Waals surface area contributed by atoms with E-state index in [1.807, 2.05) is 0 Å². The average molecular weight is 405 g/mol. The van der Waals surface area contributed by atoms with Crippen LogP contribution in [0.3, 0.4) is 0 Å². The van der Waals surface area contributed by atoms with E-state index in [0.717, 1.165) is 31.2 Å². The second-order valence-electron chi connectivity index (χ2n) is 7.82. The van der Waals surface area contributed by atoms with Crippen LogP contribution in [0.4, 0.5) is 5.00 Å². The standard InChI is InChI=1S/C21H25ClN2O2S/c1-4-21(2,3)13-8-9-15-16(11-13)27-20(17(15)18(23)25)24-19(26)12-6-5-7-14(22)10-12/h5-7,10,13H,4,8-9,11H2,1-3H3,(H2,23,25)(H,24,26)/t13-/m1/s1. The van der Waals surface area contributed by atoms with Gasteiger partial charge < -0.3 is 11.1 Å². The van der Waals surface area contributed by atoms with Crippen LogP contribution in [-0.4, -0.2) is 11.8 Å². The van der Waals surface area contributed by atoms with Crippen molar-refractivity contribution in [2.45, 2.75) is 46.5 Å². The lowest BCUT2D eigenvalue weighted by molar-refractivity contribution is 0.0999. The van der Waals surface area contributed by atoms with E-state index in [-0.39, 0.29) is 11.3 Å². The third-order valence-corrected chi connectivity index (χ3v) is 7.25. The van der Waals surface area contributed by atoms with Crippen LogP contribution < -0.4 is 11.1 Å². The molecule has 3 rings (SSSR count). The minimum Gasteiger partial charge on any atom is -0.365 e. The molecule has 1 aromatic heterocycles. The molecule has 0 saturated heterocycles. The molecular formula is C21H25ClN2O2S. The highest BCUT2D eigenvalue weighted by Crippen LogP contribution is 2.45. The van der Waals surface area contributed by atoms with Crippen molar-refractivity contribution in [2.75, 3.05) is 5.32 Å². The van der Waals surface area contributed by atoms with Crippen LogP contribution in [0.25, 0.3) is 0 Å². The summed E-state index contributed by atoms with van der Waals surface area (Å²) in [6, 6.07) is 6.74. The van der Waals surface area contributed by atoms with E-state index in [1.165, 1.54) is 16.2 Å². The molecule has 0 fully saturated rings. The lowest BCUT2D eigenvalue weighted by atomic mass is 9.69. The first kappa shape index (κ1) is 19.9. The summed E-state index contributed by atoms with van der Waals surface area (Å²) < 4.78 is 0. The number of nitrogens with one attached hydrogen (secondary N) is 1. The van der Waals surface area contributed by atoms with Gasteiger partial charge in [0.15, 0.2) is 0 Å². The highest BCUT2D eigenvalue weighted by molar-refractivity contribution is 7.17. The number of hydrogen-bond donors (Lipinski definition) is 2. The molecule has 27 heavy (non-hydrogen) atoms. The number of halogens is 1. The van der Waals surface area contributed by atoms with E-state index in [1.54, 1.807) is 24.3 Å². The molecule has 2 amide bonds. The monoisotopic (exact) mass is 404 g/mol. The maximum absolute atomic E-state index is 12.6. The summed E-state index contributed by atoms with van der Waals surface area (Å²) in [5.41, 5.74) is 7.85. The van der Waals surface area contributed by atoms with E-state index >= 15 is 0 Å². The fourth-order valence-corrected chi connectivity index (χ4v) is 5.21. The average Bonchev–Trinajstić information content (AvgIpc) is 2.98. The Balaban J connectivity index is 1.91. The Kier molecular flexibility index (Phi) is 5.63. The first-order valence-electron chi connectivity index (χ1n) is 9.24. The minimum atomic E-state index is -0.484. The van der Waals surface area contributed by atoms with Gasteiger partial charge in [0, 0.05) is 15.5 Å². The van der Waals surface area contributed by atoms with E-state index in [2.05, 4.69) is 26.1 Å². The summed E-state index contributed by atoms with van der Waals surface area (Å²) in [7, 11) is 0. The number of fused-ring (bicyclic) bond motifs is 1. The maximum atomic E-state index is 12.6. The largest absolute Gasteiger partial charge is 0.365 e. The van der Waals surface area contributed by atoms with Crippen LogP contribution >= 0.6 is 22.9 Å². The summed E-state index contributed by atoms with van der Waals surface area (Å²) in [5.74, 6) is -0.211. The number of nitrogens with two attached hydrogens (primary N) is 1. The van der Waals surface area contributed by atoms with Gasteiger partial charge in [-0.2, -0.15) is 0 Å². The topological polar surface area (TPSA) is 72.2 Å². The van der Waals surface area contributed by atoms with Crippen molar-refractivity contribution >= 4 is 39.8 Å². The van der Waals surface area contributed by atoms with Crippen LogP contribution in [0.15, 0.2) is 24.3 Å². The number of carbonyl (C=O) groups excluding carboxylic acids is 2. The van der Waals surface area contributed by atoms with Crippen LogP contribution in [0.1, 0.15) is 64.8 Å². The highest BCUT2D eigenvalue weighted by atomic mass is 35.5. The molecule has 1 atom stereocenters. The van der Waals surface area contributed by atoms with Crippen molar-refractivity contribution in [3.05, 3.63) is 50.9 Å². The third kappa shape index (κ3) is 4.04. The zero-order chi connectivity index (χ0) is 19.8. The number of rotatable bonds is 5. The van der Waals surface area contributed by atoms with Crippen molar-refractivity contribution in [1.82, 2.24) is 0 Å². The number of anilines is 1. The predicted molar refractivity (Wildman–Crippen MR) is 112 cm³/mol. The number of hydrogen-bond acceptors (Lipinski definition) is 3. The van der Waals surface area contributed by atoms with Gasteiger partial charge in [-0.1, -0.05) is 44.9 Å². The Labute approximate surface area is 169 Å². The zero-order valence-electron chi connectivity index (χ0n) is 15.9. The molecule has 0 unspecified atom stereocenters. The van der Waals surface area contributed by atoms with Crippen molar-refractivity contribution < 1.29 is 9.59 Å². The van der Waals surface area contributed by atoms with E-state index in [9.17, 15) is 9.59 Å². The molecule has 3 N–H and O–H groups in total. The SMILES string of the molecule is CCC(C)(C)[C@@H]1CCc2c(sc(NC(=O)c3cccc(Cl)c3)c2C(N)=O)C1. The van der Waals surface area contributed by atoms with Gasteiger partial charge in [-0.3, -0.25) is 9.59 Å². The predicted octanol–water partition coefficient (Wildman–Crippen LogP) is 5.29. The lowest BCUT2D eigenvalue weighted by Gasteiger charge is -2.36. The molecule has 4 nitrogen and oxygen atoms in total. The molecule has 0 aliphatic heterocycles. The van der Waals surface area contributed by atoms with Crippen LogP contribution in [0.5, 0.6) is 0 Å². The number of primary amides is 1. The quantitative estimate of drug-likeness (QED) is 0.710. The summed E-state index contributed by atoms with van der Waals surface area (Å²) in [5, 5.41) is 3.92. The fourth-order valence-electron chi connectivity index (χ4n) is 3.70. The van der Waals surface area contributed by atoms with Gasteiger partial charge in [0.2, 0.25) is 0 Å². The molecule has 2 aromatic rings. The van der Waals surface area contributed by atoms with Crippen molar-refractivity contribution in [3.8, 4) is 0 Å². The van der Waals surface area contributed by atoms with Gasteiger partial charge >= 0.3 is 0 Å². The highest BCUT2D eigenvalue weighted by Gasteiger charge is 2.35. The molecule has 0 bridgehead atoms. The van der Waals surface area contributed by atoms with Gasteiger partial charge in [0.25, 0.3) is 11.8 Å². The number of thiophene rings is 1. The summed E-state index contributed by atoms with van der Waals surface area (Å²) in [4.78, 5) is 25.9. The van der Waals surface area contributed by atoms with E-state index in [4.69, 9.17) is 17.3 Å². The maximum Gasteiger partial charge on any atom is 0.256 e.